The predicted molar refractivity (Wildman–Crippen MR) is 192 cm³/mol. The zero-order valence-electron chi connectivity index (χ0n) is 33.3. The molecule has 2 amide bonds. The molecule has 28 nitrogen and oxygen atoms in total. The van der Waals surface area contributed by atoms with Crippen LogP contribution in [0.2, 0.25) is 0 Å². The molecule has 0 radical (unpaired) electrons. The Morgan fingerprint density at radius 3 is 1.60 bits per heavy atom. The third-order valence-electron chi connectivity index (χ3n) is 10.8. The zero-order valence-corrected chi connectivity index (χ0v) is 33.3. The van der Waals surface area contributed by atoms with Crippen LogP contribution < -0.4 is 10.6 Å². The third-order valence-corrected chi connectivity index (χ3v) is 10.8. The van der Waals surface area contributed by atoms with E-state index in [1.165, 1.54) is 0 Å². The summed E-state index contributed by atoms with van der Waals surface area (Å²) in [7, 11) is 0. The molecule has 4 rings (SSSR count). The second-order valence-corrected chi connectivity index (χ2v) is 15.2. The van der Waals surface area contributed by atoms with Crippen molar-refractivity contribution in [1.82, 2.24) is 10.6 Å². The van der Waals surface area contributed by atoms with Gasteiger partial charge in [-0.3, -0.25) is 9.59 Å². The van der Waals surface area contributed by atoms with E-state index in [4.69, 9.17) is 37.9 Å². The smallest absolute Gasteiger partial charge is 0.217 e. The van der Waals surface area contributed by atoms with Crippen molar-refractivity contribution in [2.45, 2.75) is 161 Å². The minimum absolute atomic E-state index is 0.756. The van der Waals surface area contributed by atoms with E-state index in [2.05, 4.69) is 10.6 Å². The van der Waals surface area contributed by atoms with E-state index in [9.17, 15) is 91.3 Å². The van der Waals surface area contributed by atoms with Gasteiger partial charge in [0.1, 0.15) is 116 Å². The summed E-state index contributed by atoms with van der Waals surface area (Å²) in [5.41, 5.74) is 0. The maximum Gasteiger partial charge on any atom is 0.217 e. The molecule has 362 valence electrons. The van der Waals surface area contributed by atoms with Crippen LogP contribution >= 0.6 is 0 Å². The van der Waals surface area contributed by atoms with E-state index in [0.29, 0.717) is 0 Å². The Kier molecular flexibility index (Phi) is 19.9. The molecule has 0 aromatic carbocycles. The van der Waals surface area contributed by atoms with Crippen LogP contribution in [-0.4, -0.2) is 280 Å². The van der Waals surface area contributed by atoms with E-state index in [1.807, 2.05) is 0 Å². The van der Waals surface area contributed by atoms with Gasteiger partial charge in [-0.25, -0.2) is 0 Å². The van der Waals surface area contributed by atoms with E-state index in [-0.39, 0.29) is 0 Å². The Morgan fingerprint density at radius 1 is 0.548 bits per heavy atom. The second kappa shape index (κ2) is 23.4. The van der Waals surface area contributed by atoms with Gasteiger partial charge in [0.15, 0.2) is 25.2 Å². The Bertz CT molecular complexity index is 1390. The molecule has 0 aliphatic carbocycles. The van der Waals surface area contributed by atoms with Gasteiger partial charge in [-0.15, -0.1) is 0 Å². The molecule has 0 spiro atoms. The summed E-state index contributed by atoms with van der Waals surface area (Å²) in [6.07, 6.45) is -42.7. The highest BCUT2D eigenvalue weighted by molar-refractivity contribution is 5.73. The SMILES string of the molecule is CC(=O)N[C@H]1[C@H](O[C@@H]2[C@@H](O[C@@H]3[C@H](O)[C@H](O[C@@H]([C@H](O)[C@H](CO)NC(C)=O)[C@H](O)CO)O[C@H](CO[C@H]4O[C@H](CO)[C@@H](O)[C@H](O)[C@@H]4O)[C@H]3O)O[C@H](CO)[C@@H](O)[C@@H]2O)O[C@H](CO)[C@@H](O)[C@@H]1O. The fourth-order valence-electron chi connectivity index (χ4n) is 7.30. The monoisotopic (exact) mass is 912 g/mol. The van der Waals surface area contributed by atoms with Gasteiger partial charge in [0.05, 0.1) is 45.7 Å². The molecule has 0 bridgehead atoms. The normalized spacial score (nSPS) is 43.6. The molecule has 18 N–H and O–H groups in total. The van der Waals surface area contributed by atoms with Gasteiger partial charge < -0.3 is 130 Å². The Balaban J connectivity index is 1.72. The van der Waals surface area contributed by atoms with E-state index in [0.717, 1.165) is 13.8 Å². The summed E-state index contributed by atoms with van der Waals surface area (Å²) in [4.78, 5) is 23.9. The van der Waals surface area contributed by atoms with Gasteiger partial charge in [-0.05, 0) is 0 Å². The molecular formula is C34H60N2O26. The number of carbonyl (C=O) groups is 2. The number of aliphatic hydroxyl groups excluding tert-OH is 16. The van der Waals surface area contributed by atoms with Crippen molar-refractivity contribution in [3.8, 4) is 0 Å². The lowest BCUT2D eigenvalue weighted by Crippen LogP contribution is -2.69. The highest BCUT2D eigenvalue weighted by Gasteiger charge is 2.56. The molecular weight excluding hydrogens is 852 g/mol. The summed E-state index contributed by atoms with van der Waals surface area (Å²) in [5.74, 6) is -1.53. The molecule has 0 aromatic heterocycles. The van der Waals surface area contributed by atoms with Crippen molar-refractivity contribution in [3.63, 3.8) is 0 Å². The second-order valence-electron chi connectivity index (χ2n) is 15.2. The van der Waals surface area contributed by atoms with Crippen LogP contribution in [0.25, 0.3) is 0 Å². The van der Waals surface area contributed by atoms with Crippen LogP contribution in [0.5, 0.6) is 0 Å². The molecule has 4 aliphatic heterocycles. The Morgan fingerprint density at radius 2 is 1.06 bits per heavy atom. The highest BCUT2D eigenvalue weighted by atomic mass is 16.8. The molecule has 4 saturated heterocycles. The quantitative estimate of drug-likeness (QED) is 0.0572. The van der Waals surface area contributed by atoms with Gasteiger partial charge >= 0.3 is 0 Å². The van der Waals surface area contributed by atoms with E-state index < -0.39 is 199 Å². The Labute approximate surface area is 352 Å². The molecule has 4 heterocycles. The minimum Gasteiger partial charge on any atom is -0.394 e. The lowest BCUT2D eigenvalue weighted by molar-refractivity contribution is -0.389. The van der Waals surface area contributed by atoms with Crippen molar-refractivity contribution >= 4 is 11.8 Å². The number of aliphatic hydroxyl groups is 16. The average Bonchev–Trinajstić information content (AvgIpc) is 3.24. The number of rotatable bonds is 19. The lowest BCUT2D eigenvalue weighted by atomic mass is 9.95. The topological polar surface area (TPSA) is 456 Å². The number of hydrogen-bond donors (Lipinski definition) is 18. The van der Waals surface area contributed by atoms with Crippen LogP contribution in [0.1, 0.15) is 13.8 Å². The van der Waals surface area contributed by atoms with Crippen molar-refractivity contribution in [2.24, 2.45) is 0 Å². The first kappa shape index (κ1) is 52.6. The average molecular weight is 913 g/mol. The molecule has 28 heteroatoms. The predicted octanol–water partition coefficient (Wildman–Crippen LogP) is -12.0. The third kappa shape index (κ3) is 12.1. The van der Waals surface area contributed by atoms with Gasteiger partial charge in [0.2, 0.25) is 11.8 Å². The highest BCUT2D eigenvalue weighted by Crippen LogP contribution is 2.34. The van der Waals surface area contributed by atoms with Crippen LogP contribution in [0.15, 0.2) is 0 Å². The standard InChI is InChI=1S/C34H60N2O26/c1-9(42)35-11(3-37)18(45)28(12(44)4-38)60-33-27(54)29(22(49)16(59-33)8-55-32-26(53)24(51)20(47)14(6-40)57-32)61-34-30(25(52)21(48)15(7-41)58-34)62-31-17(36-10(2)43)23(50)19(46)13(5-39)56-31/h11-34,37-41,44-54H,3-8H2,1-2H3,(H,35,42)(H,36,43)/t11-,12+,13+,14+,15+,16+,17+,18+,19+,20+,21+,22+,23+,24-,25-,26-,27-,28+,29-,30-,31-,32-,33-,34+/m0/s1. The van der Waals surface area contributed by atoms with Crippen molar-refractivity contribution in [1.29, 1.82) is 0 Å². The molecule has 0 saturated carbocycles. The lowest BCUT2D eigenvalue weighted by Gasteiger charge is -2.49. The van der Waals surface area contributed by atoms with E-state index in [1.54, 1.807) is 0 Å². The summed E-state index contributed by atoms with van der Waals surface area (Å²) in [6.45, 7) is -3.66. The number of nitrogens with one attached hydrogen (secondary N) is 2. The van der Waals surface area contributed by atoms with Gasteiger partial charge in [0.25, 0.3) is 0 Å². The first-order valence-corrected chi connectivity index (χ1v) is 19.5. The minimum atomic E-state index is -2.29. The van der Waals surface area contributed by atoms with Crippen LogP contribution in [0.3, 0.4) is 0 Å². The van der Waals surface area contributed by atoms with Crippen molar-refractivity contribution < 1.29 is 129 Å². The molecule has 24 atom stereocenters. The summed E-state index contributed by atoms with van der Waals surface area (Å²) >= 11 is 0. The first-order valence-electron chi connectivity index (χ1n) is 19.5. The van der Waals surface area contributed by atoms with E-state index >= 15 is 0 Å². The molecule has 0 aromatic rings. The number of ether oxygens (including phenoxy) is 8. The molecule has 4 fully saturated rings. The first-order chi connectivity index (χ1) is 29.2. The number of carbonyl (C=O) groups excluding carboxylic acids is 2. The van der Waals surface area contributed by atoms with Crippen LogP contribution in [0.4, 0.5) is 0 Å². The van der Waals surface area contributed by atoms with Crippen LogP contribution in [0, 0.1) is 0 Å². The van der Waals surface area contributed by atoms with Crippen molar-refractivity contribution in [3.05, 3.63) is 0 Å². The largest absolute Gasteiger partial charge is 0.394 e. The fraction of sp³-hybridized carbons (Fsp3) is 0.941. The van der Waals surface area contributed by atoms with Gasteiger partial charge in [-0.1, -0.05) is 0 Å². The van der Waals surface area contributed by atoms with Gasteiger partial charge in [-0.2, -0.15) is 0 Å². The zero-order chi connectivity index (χ0) is 46.3. The fourth-order valence-corrected chi connectivity index (χ4v) is 7.30. The summed E-state index contributed by atoms with van der Waals surface area (Å²) in [5, 5.41) is 173. The van der Waals surface area contributed by atoms with Crippen molar-refractivity contribution in [2.75, 3.05) is 39.6 Å². The number of hydrogen-bond acceptors (Lipinski definition) is 26. The van der Waals surface area contributed by atoms with Gasteiger partial charge in [0, 0.05) is 13.8 Å². The number of amides is 2. The Hall–Kier alpha value is -2.02. The maximum atomic E-state index is 12.1. The maximum absolute atomic E-state index is 12.1. The van der Waals surface area contributed by atoms with Crippen LogP contribution in [-0.2, 0) is 47.5 Å². The summed E-state index contributed by atoms with van der Waals surface area (Å²) in [6, 6.07) is -3.19. The molecule has 62 heavy (non-hydrogen) atoms. The molecule has 0 unspecified atom stereocenters. The molecule has 4 aliphatic rings. The summed E-state index contributed by atoms with van der Waals surface area (Å²) < 4.78 is 45.4.